The van der Waals surface area contributed by atoms with Gasteiger partial charge in [-0.05, 0) is 12.5 Å². The average Bonchev–Trinajstić information content (AvgIpc) is 2.37. The van der Waals surface area contributed by atoms with Gasteiger partial charge in [0.15, 0.2) is 11.6 Å². The number of anilines is 1. The number of hydrogen-bond donors (Lipinski definition) is 3. The van der Waals surface area contributed by atoms with Gasteiger partial charge >= 0.3 is 0 Å². The van der Waals surface area contributed by atoms with Crippen molar-refractivity contribution in [2.75, 3.05) is 5.73 Å². The molecule has 2 rings (SSSR count). The third-order valence-electron chi connectivity index (χ3n) is 2.88. The van der Waals surface area contributed by atoms with Crippen molar-refractivity contribution in [1.29, 1.82) is 0 Å². The van der Waals surface area contributed by atoms with E-state index >= 15 is 0 Å². The van der Waals surface area contributed by atoms with Crippen molar-refractivity contribution in [3.05, 3.63) is 29.3 Å². The van der Waals surface area contributed by atoms with Crippen molar-refractivity contribution in [3.63, 3.8) is 0 Å². The summed E-state index contributed by atoms with van der Waals surface area (Å²) in [4.78, 5) is 34.3. The SMILES string of the molecule is Nc1cc(F)c(F)cc1C(=O)NC1CCC(=O)NC1=O. The second-order valence-electron chi connectivity index (χ2n) is 4.33. The van der Waals surface area contributed by atoms with Gasteiger partial charge in [0.25, 0.3) is 5.91 Å². The summed E-state index contributed by atoms with van der Waals surface area (Å²) in [5.74, 6) is -4.26. The number of nitrogens with two attached hydrogens (primary N) is 1. The largest absolute Gasteiger partial charge is 0.398 e. The van der Waals surface area contributed by atoms with Gasteiger partial charge in [-0.3, -0.25) is 19.7 Å². The van der Waals surface area contributed by atoms with E-state index in [1.807, 2.05) is 0 Å². The standard InChI is InChI=1S/C12H11F2N3O3/c13-6-3-5(8(15)4-7(6)14)11(19)16-9-1-2-10(18)17-12(9)20/h3-4,9H,1-2,15H2,(H,16,19)(H,17,18,20). The first-order valence-corrected chi connectivity index (χ1v) is 5.77. The first-order valence-electron chi connectivity index (χ1n) is 5.77. The molecule has 0 spiro atoms. The summed E-state index contributed by atoms with van der Waals surface area (Å²) in [6, 6.07) is 0.438. The molecule has 20 heavy (non-hydrogen) atoms. The Balaban J connectivity index is 2.14. The molecule has 0 aromatic heterocycles. The molecule has 3 amide bonds. The molecule has 0 saturated carbocycles. The first kappa shape index (κ1) is 13.9. The van der Waals surface area contributed by atoms with E-state index in [9.17, 15) is 23.2 Å². The minimum Gasteiger partial charge on any atom is -0.398 e. The van der Waals surface area contributed by atoms with E-state index in [4.69, 9.17) is 5.73 Å². The van der Waals surface area contributed by atoms with Gasteiger partial charge in [-0.15, -0.1) is 0 Å². The van der Waals surface area contributed by atoms with Crippen LogP contribution in [-0.2, 0) is 9.59 Å². The normalized spacial score (nSPS) is 18.6. The number of carbonyl (C=O) groups excluding carboxylic acids is 3. The quantitative estimate of drug-likeness (QED) is 0.528. The smallest absolute Gasteiger partial charge is 0.254 e. The lowest BCUT2D eigenvalue weighted by Crippen LogP contribution is -2.52. The number of carbonyl (C=O) groups is 3. The van der Waals surface area contributed by atoms with Crippen LogP contribution in [0.3, 0.4) is 0 Å². The van der Waals surface area contributed by atoms with Crippen LogP contribution in [0.15, 0.2) is 12.1 Å². The molecule has 1 atom stereocenters. The van der Waals surface area contributed by atoms with E-state index in [1.165, 1.54) is 0 Å². The lowest BCUT2D eigenvalue weighted by atomic mass is 10.0. The van der Waals surface area contributed by atoms with Gasteiger partial charge < -0.3 is 11.1 Å². The van der Waals surface area contributed by atoms with Crippen molar-refractivity contribution in [2.45, 2.75) is 18.9 Å². The minimum atomic E-state index is -1.22. The lowest BCUT2D eigenvalue weighted by Gasteiger charge is -2.22. The Kier molecular flexibility index (Phi) is 3.64. The number of hydrogen-bond acceptors (Lipinski definition) is 4. The monoisotopic (exact) mass is 283 g/mol. The van der Waals surface area contributed by atoms with E-state index in [0.717, 1.165) is 0 Å². The number of nitrogens with one attached hydrogen (secondary N) is 2. The summed E-state index contributed by atoms with van der Waals surface area (Å²) in [7, 11) is 0. The van der Waals surface area contributed by atoms with Gasteiger partial charge in [-0.1, -0.05) is 0 Å². The maximum Gasteiger partial charge on any atom is 0.254 e. The number of benzene rings is 1. The number of piperidine rings is 1. The molecule has 1 heterocycles. The molecule has 1 saturated heterocycles. The molecule has 1 aliphatic heterocycles. The summed E-state index contributed by atoms with van der Waals surface area (Å²) < 4.78 is 26.0. The Hall–Kier alpha value is -2.51. The zero-order valence-corrected chi connectivity index (χ0v) is 10.2. The van der Waals surface area contributed by atoms with Gasteiger partial charge in [0.05, 0.1) is 5.56 Å². The summed E-state index contributed by atoms with van der Waals surface area (Å²) in [6.45, 7) is 0. The summed E-state index contributed by atoms with van der Waals surface area (Å²) in [6.07, 6.45) is 0.226. The molecule has 1 aromatic carbocycles. The van der Waals surface area contributed by atoms with E-state index in [0.29, 0.717) is 12.1 Å². The summed E-state index contributed by atoms with van der Waals surface area (Å²) >= 11 is 0. The highest BCUT2D eigenvalue weighted by Gasteiger charge is 2.28. The second-order valence-corrected chi connectivity index (χ2v) is 4.33. The molecule has 1 aliphatic rings. The van der Waals surface area contributed by atoms with Gasteiger partial charge in [0.2, 0.25) is 11.8 Å². The number of amides is 3. The molecular weight excluding hydrogens is 272 g/mol. The van der Waals surface area contributed by atoms with Gasteiger partial charge in [0.1, 0.15) is 6.04 Å². The van der Waals surface area contributed by atoms with Crippen LogP contribution < -0.4 is 16.4 Å². The molecule has 0 aliphatic carbocycles. The van der Waals surface area contributed by atoms with Crippen molar-refractivity contribution in [1.82, 2.24) is 10.6 Å². The van der Waals surface area contributed by atoms with Crippen molar-refractivity contribution < 1.29 is 23.2 Å². The maximum atomic E-state index is 13.1. The zero-order valence-electron chi connectivity index (χ0n) is 10.2. The predicted molar refractivity (Wildman–Crippen MR) is 64.4 cm³/mol. The Bertz CT molecular complexity index is 604. The minimum absolute atomic E-state index is 0.0872. The Labute approximate surface area is 112 Å². The molecule has 8 heteroatoms. The van der Waals surface area contributed by atoms with E-state index in [2.05, 4.69) is 10.6 Å². The average molecular weight is 283 g/mol. The van der Waals surface area contributed by atoms with Crippen molar-refractivity contribution in [3.8, 4) is 0 Å². The van der Waals surface area contributed by atoms with E-state index in [1.54, 1.807) is 0 Å². The summed E-state index contributed by atoms with van der Waals surface area (Å²) in [5.41, 5.74) is 4.92. The molecule has 0 bridgehead atoms. The third-order valence-corrected chi connectivity index (χ3v) is 2.88. The fourth-order valence-electron chi connectivity index (χ4n) is 1.83. The first-order chi connectivity index (χ1) is 9.38. The van der Waals surface area contributed by atoms with Crippen LogP contribution >= 0.6 is 0 Å². The molecule has 1 unspecified atom stereocenters. The molecule has 0 radical (unpaired) electrons. The summed E-state index contributed by atoms with van der Waals surface area (Å²) in [5, 5.41) is 4.38. The highest BCUT2D eigenvalue weighted by atomic mass is 19.2. The zero-order chi connectivity index (χ0) is 14.9. The third kappa shape index (κ3) is 2.73. The number of rotatable bonds is 2. The lowest BCUT2D eigenvalue weighted by molar-refractivity contribution is -0.134. The molecule has 6 nitrogen and oxygen atoms in total. The van der Waals surface area contributed by atoms with E-state index in [-0.39, 0.29) is 24.1 Å². The fourth-order valence-corrected chi connectivity index (χ4v) is 1.83. The Morgan fingerprint density at radius 1 is 1.30 bits per heavy atom. The number of nitrogen functional groups attached to an aromatic ring is 1. The molecule has 4 N–H and O–H groups in total. The van der Waals surface area contributed by atoms with Crippen LogP contribution in [0.25, 0.3) is 0 Å². The molecule has 1 aromatic rings. The van der Waals surface area contributed by atoms with Crippen molar-refractivity contribution >= 4 is 23.4 Å². The van der Waals surface area contributed by atoms with E-state index < -0.39 is 35.4 Å². The van der Waals surface area contributed by atoms with Crippen LogP contribution in [0, 0.1) is 11.6 Å². The Morgan fingerprint density at radius 2 is 1.95 bits per heavy atom. The van der Waals surface area contributed by atoms with Gasteiger partial charge in [-0.25, -0.2) is 8.78 Å². The molecule has 106 valence electrons. The van der Waals surface area contributed by atoms with Crippen LogP contribution in [0.1, 0.15) is 23.2 Å². The number of halogens is 2. The van der Waals surface area contributed by atoms with Crippen molar-refractivity contribution in [2.24, 2.45) is 0 Å². The van der Waals surface area contributed by atoms with Crippen LogP contribution in [0.5, 0.6) is 0 Å². The highest BCUT2D eigenvalue weighted by molar-refractivity contribution is 6.05. The fraction of sp³-hybridized carbons (Fsp3) is 0.250. The molecule has 1 fully saturated rings. The van der Waals surface area contributed by atoms with Crippen LogP contribution in [-0.4, -0.2) is 23.8 Å². The maximum absolute atomic E-state index is 13.1. The highest BCUT2D eigenvalue weighted by Crippen LogP contribution is 2.17. The predicted octanol–water partition coefficient (Wildman–Crippen LogP) is 0.0820. The van der Waals surface area contributed by atoms with Crippen LogP contribution in [0.4, 0.5) is 14.5 Å². The Morgan fingerprint density at radius 3 is 2.60 bits per heavy atom. The molecular formula is C12H11F2N3O3. The second kappa shape index (κ2) is 5.24. The topological polar surface area (TPSA) is 101 Å². The number of imide groups is 1. The van der Waals surface area contributed by atoms with Gasteiger partial charge in [0, 0.05) is 18.2 Å². The van der Waals surface area contributed by atoms with Crippen LogP contribution in [0.2, 0.25) is 0 Å². The van der Waals surface area contributed by atoms with Gasteiger partial charge in [-0.2, -0.15) is 0 Å².